The molecule has 6 nitrogen and oxygen atoms in total. The highest BCUT2D eigenvalue weighted by molar-refractivity contribution is 6.05. The molecule has 3 aromatic carbocycles. The fraction of sp³-hybridized carbons (Fsp3) is 0.192. The third kappa shape index (κ3) is 4.13. The highest BCUT2D eigenvalue weighted by atomic mass is 19.4. The number of alkyl halides is 3. The predicted molar refractivity (Wildman–Crippen MR) is 129 cm³/mol. The van der Waals surface area contributed by atoms with Gasteiger partial charge in [0.25, 0.3) is 5.91 Å². The summed E-state index contributed by atoms with van der Waals surface area (Å²) in [7, 11) is 0. The molecule has 1 amide bonds. The largest absolute Gasteiger partial charge is 0.397 e. The third-order valence-electron chi connectivity index (χ3n) is 6.36. The van der Waals surface area contributed by atoms with Crippen molar-refractivity contribution in [3.63, 3.8) is 0 Å². The SMILES string of the molecule is Cc1c(NC(=O)c2ccc(C(C)(C)C(F)(F)F)cc2F)cccc1-c1cc(C#N)c2[nH]nc(N)c2c1. The van der Waals surface area contributed by atoms with Crippen molar-refractivity contribution in [2.75, 3.05) is 11.1 Å². The molecule has 0 aliphatic heterocycles. The quantitative estimate of drug-likeness (QED) is 0.292. The Morgan fingerprint density at radius 2 is 1.86 bits per heavy atom. The highest BCUT2D eigenvalue weighted by Gasteiger charge is 2.48. The second-order valence-corrected chi connectivity index (χ2v) is 8.92. The summed E-state index contributed by atoms with van der Waals surface area (Å²) in [5.41, 5.74) is 6.15. The number of hydrogen-bond donors (Lipinski definition) is 3. The van der Waals surface area contributed by atoms with Crippen LogP contribution in [0.3, 0.4) is 0 Å². The van der Waals surface area contributed by atoms with Crippen LogP contribution in [0.5, 0.6) is 0 Å². The summed E-state index contributed by atoms with van der Waals surface area (Å²) in [6, 6.07) is 13.5. The number of anilines is 2. The molecule has 0 fully saturated rings. The Hall–Kier alpha value is -4.39. The lowest BCUT2D eigenvalue weighted by atomic mass is 9.83. The lowest BCUT2D eigenvalue weighted by molar-refractivity contribution is -0.180. The van der Waals surface area contributed by atoms with E-state index >= 15 is 0 Å². The van der Waals surface area contributed by atoms with Gasteiger partial charge in [0.05, 0.1) is 22.1 Å². The number of nitrogens with one attached hydrogen (secondary N) is 2. The molecule has 0 aliphatic rings. The highest BCUT2D eigenvalue weighted by Crippen LogP contribution is 2.41. The monoisotopic (exact) mass is 495 g/mol. The number of nitrogens with zero attached hydrogens (tertiary/aromatic N) is 2. The van der Waals surface area contributed by atoms with Gasteiger partial charge in [-0.15, -0.1) is 0 Å². The molecule has 4 aromatic rings. The van der Waals surface area contributed by atoms with E-state index in [1.165, 1.54) is 0 Å². The maximum absolute atomic E-state index is 14.7. The van der Waals surface area contributed by atoms with E-state index in [0.29, 0.717) is 38.8 Å². The molecule has 1 heterocycles. The molecule has 4 N–H and O–H groups in total. The number of amides is 1. The van der Waals surface area contributed by atoms with Crippen LogP contribution in [0, 0.1) is 24.1 Å². The molecule has 0 radical (unpaired) electrons. The second-order valence-electron chi connectivity index (χ2n) is 8.92. The first-order chi connectivity index (χ1) is 16.8. The van der Waals surface area contributed by atoms with Gasteiger partial charge in [-0.1, -0.05) is 18.2 Å². The van der Waals surface area contributed by atoms with Gasteiger partial charge in [-0.2, -0.15) is 23.5 Å². The average molecular weight is 495 g/mol. The van der Waals surface area contributed by atoms with Crippen molar-refractivity contribution in [1.82, 2.24) is 10.2 Å². The van der Waals surface area contributed by atoms with Gasteiger partial charge in [-0.05, 0) is 73.4 Å². The summed E-state index contributed by atoms with van der Waals surface area (Å²) in [5.74, 6) is -1.63. The molecule has 10 heteroatoms. The van der Waals surface area contributed by atoms with E-state index in [2.05, 4.69) is 21.6 Å². The number of aromatic amines is 1. The van der Waals surface area contributed by atoms with E-state index < -0.39 is 23.3 Å². The van der Waals surface area contributed by atoms with E-state index in [9.17, 15) is 27.6 Å². The Morgan fingerprint density at radius 3 is 2.50 bits per heavy atom. The third-order valence-corrected chi connectivity index (χ3v) is 6.36. The fourth-order valence-corrected chi connectivity index (χ4v) is 3.91. The molecular weight excluding hydrogens is 474 g/mol. The number of carbonyl (C=O) groups is 1. The van der Waals surface area contributed by atoms with E-state index in [4.69, 9.17) is 5.73 Å². The molecular formula is C26H21F4N5O. The summed E-state index contributed by atoms with van der Waals surface area (Å²) < 4.78 is 54.7. The van der Waals surface area contributed by atoms with Crippen molar-refractivity contribution < 1.29 is 22.4 Å². The molecule has 1 aromatic heterocycles. The molecule has 0 atom stereocenters. The zero-order valence-corrected chi connectivity index (χ0v) is 19.5. The van der Waals surface area contributed by atoms with Crippen LogP contribution in [0.1, 0.15) is 40.9 Å². The van der Waals surface area contributed by atoms with Crippen LogP contribution in [-0.4, -0.2) is 22.3 Å². The molecule has 4 rings (SSSR count). The van der Waals surface area contributed by atoms with Crippen LogP contribution in [0.15, 0.2) is 48.5 Å². The molecule has 36 heavy (non-hydrogen) atoms. The minimum absolute atomic E-state index is 0.234. The smallest absolute Gasteiger partial charge is 0.382 e. The number of halogens is 4. The van der Waals surface area contributed by atoms with Crippen molar-refractivity contribution in [3.8, 4) is 17.2 Å². The molecule has 0 unspecified atom stereocenters. The first-order valence-corrected chi connectivity index (χ1v) is 10.8. The lowest BCUT2D eigenvalue weighted by Crippen LogP contribution is -2.36. The van der Waals surface area contributed by atoms with Crippen LogP contribution in [0.25, 0.3) is 22.0 Å². The van der Waals surface area contributed by atoms with E-state index in [0.717, 1.165) is 32.0 Å². The number of nitrogen functional groups attached to an aromatic ring is 1. The zero-order chi connectivity index (χ0) is 26.4. The number of benzene rings is 3. The number of fused-ring (bicyclic) bond motifs is 1. The van der Waals surface area contributed by atoms with Gasteiger partial charge in [0.2, 0.25) is 0 Å². The van der Waals surface area contributed by atoms with Crippen LogP contribution in [-0.2, 0) is 5.41 Å². The van der Waals surface area contributed by atoms with Crippen LogP contribution in [0.2, 0.25) is 0 Å². The molecule has 0 saturated carbocycles. The summed E-state index contributed by atoms with van der Waals surface area (Å²) in [4.78, 5) is 12.8. The maximum Gasteiger partial charge on any atom is 0.397 e. The van der Waals surface area contributed by atoms with Gasteiger partial charge in [0.15, 0.2) is 5.82 Å². The van der Waals surface area contributed by atoms with E-state index in [1.807, 2.05) is 0 Å². The number of carbonyl (C=O) groups excluding carboxylic acids is 1. The lowest BCUT2D eigenvalue weighted by Gasteiger charge is -2.28. The van der Waals surface area contributed by atoms with E-state index in [-0.39, 0.29) is 16.9 Å². The van der Waals surface area contributed by atoms with Gasteiger partial charge in [0.1, 0.15) is 11.9 Å². The number of H-pyrrole nitrogens is 1. The Morgan fingerprint density at radius 1 is 1.14 bits per heavy atom. The zero-order valence-electron chi connectivity index (χ0n) is 19.5. The van der Waals surface area contributed by atoms with Gasteiger partial charge in [-0.25, -0.2) is 4.39 Å². The molecule has 0 saturated heterocycles. The van der Waals surface area contributed by atoms with E-state index in [1.54, 1.807) is 37.3 Å². The Balaban J connectivity index is 1.68. The number of aromatic nitrogens is 2. The summed E-state index contributed by atoms with van der Waals surface area (Å²) in [6.07, 6.45) is -4.59. The second kappa shape index (κ2) is 8.68. The van der Waals surface area contributed by atoms with Gasteiger partial charge in [-0.3, -0.25) is 9.89 Å². The minimum atomic E-state index is -4.59. The number of nitrogens with two attached hydrogens (primary N) is 1. The van der Waals surface area contributed by atoms with Crippen LogP contribution < -0.4 is 11.1 Å². The normalized spacial score (nSPS) is 11.9. The first kappa shape index (κ1) is 24.7. The summed E-state index contributed by atoms with van der Waals surface area (Å²) in [5, 5.41) is 19.4. The fourth-order valence-electron chi connectivity index (χ4n) is 3.91. The van der Waals surface area contributed by atoms with Crippen molar-refractivity contribution in [2.24, 2.45) is 0 Å². The van der Waals surface area contributed by atoms with Crippen LogP contribution in [0.4, 0.5) is 29.1 Å². The Bertz CT molecular complexity index is 1550. The van der Waals surface area contributed by atoms with Crippen molar-refractivity contribution in [2.45, 2.75) is 32.4 Å². The number of hydrogen-bond acceptors (Lipinski definition) is 4. The molecule has 0 aliphatic carbocycles. The predicted octanol–water partition coefficient (Wildman–Crippen LogP) is 6.22. The molecule has 0 bridgehead atoms. The average Bonchev–Trinajstić information content (AvgIpc) is 3.19. The summed E-state index contributed by atoms with van der Waals surface area (Å²) >= 11 is 0. The summed E-state index contributed by atoms with van der Waals surface area (Å²) in [6.45, 7) is 3.64. The number of rotatable bonds is 4. The van der Waals surface area contributed by atoms with Gasteiger partial charge in [0, 0.05) is 11.1 Å². The Labute approximate surface area is 203 Å². The first-order valence-electron chi connectivity index (χ1n) is 10.8. The van der Waals surface area contributed by atoms with Gasteiger partial charge >= 0.3 is 6.18 Å². The van der Waals surface area contributed by atoms with Crippen molar-refractivity contribution in [1.29, 1.82) is 5.26 Å². The maximum atomic E-state index is 14.7. The van der Waals surface area contributed by atoms with Crippen molar-refractivity contribution >= 4 is 28.3 Å². The molecule has 184 valence electrons. The Kier molecular flexibility index (Phi) is 5.96. The van der Waals surface area contributed by atoms with Crippen molar-refractivity contribution in [3.05, 3.63) is 76.6 Å². The van der Waals surface area contributed by atoms with Crippen LogP contribution >= 0.6 is 0 Å². The minimum Gasteiger partial charge on any atom is -0.382 e. The molecule has 0 spiro atoms. The number of nitriles is 1. The topological polar surface area (TPSA) is 108 Å². The standard InChI is InChI=1S/C26H21F4N5O/c1-13-17(14-9-15(12-31)22-19(10-14)23(32)35-34-22)5-4-6-21(13)33-24(36)18-8-7-16(11-20(18)27)25(2,3)26(28,29)30/h4-11H,1-3H3,(H,33,36)(H3,32,34,35). The van der Waals surface area contributed by atoms with Gasteiger partial charge < -0.3 is 11.1 Å².